The lowest BCUT2D eigenvalue weighted by atomic mass is 10.3. The Kier molecular flexibility index (Phi) is 3.16. The molecule has 1 aromatic rings. The highest BCUT2D eigenvalue weighted by molar-refractivity contribution is 5.95. The smallest absolute Gasteiger partial charge is 0.433 e. The van der Waals surface area contributed by atoms with Crippen LogP contribution in [0.2, 0.25) is 0 Å². The largest absolute Gasteiger partial charge is 0.467 e. The summed E-state index contributed by atoms with van der Waals surface area (Å²) >= 11 is 0. The zero-order chi connectivity index (χ0) is 12.3. The predicted octanol–water partition coefficient (Wildman–Crippen LogP) is 0.599. The zero-order valence-electron chi connectivity index (χ0n) is 7.99. The van der Waals surface area contributed by atoms with Crippen LogP contribution in [0.25, 0.3) is 0 Å². The van der Waals surface area contributed by atoms with Crippen molar-refractivity contribution in [3.05, 3.63) is 17.5 Å². The Balaban J connectivity index is 3.32. The summed E-state index contributed by atoms with van der Waals surface area (Å²) in [4.78, 5) is 6.58. The van der Waals surface area contributed by atoms with E-state index in [0.717, 1.165) is 7.11 Å². The summed E-state index contributed by atoms with van der Waals surface area (Å²) in [5.74, 6) is -0.564. The van der Waals surface area contributed by atoms with Gasteiger partial charge in [-0.25, -0.2) is 0 Å². The van der Waals surface area contributed by atoms with E-state index in [9.17, 15) is 13.2 Å². The number of hydrogen-bond acceptors (Lipinski definition) is 5. The van der Waals surface area contributed by atoms with Crippen molar-refractivity contribution in [1.29, 1.82) is 0 Å². The Morgan fingerprint density at radius 1 is 1.50 bits per heavy atom. The van der Waals surface area contributed by atoms with Crippen LogP contribution in [0, 0.1) is 0 Å². The van der Waals surface area contributed by atoms with Crippen molar-refractivity contribution in [3.8, 4) is 6.01 Å². The van der Waals surface area contributed by atoms with Gasteiger partial charge in [-0.1, -0.05) is 5.16 Å². The normalized spacial score (nSPS) is 12.6. The predicted molar refractivity (Wildman–Crippen MR) is 46.1 cm³/mol. The van der Waals surface area contributed by atoms with E-state index in [4.69, 9.17) is 10.9 Å². The molecule has 0 saturated heterocycles. The molecule has 0 amide bonds. The van der Waals surface area contributed by atoms with Crippen LogP contribution < -0.4 is 10.5 Å². The number of nitrogens with two attached hydrogens (primary N) is 1. The minimum Gasteiger partial charge on any atom is -0.467 e. The second-order valence-corrected chi connectivity index (χ2v) is 2.61. The molecular formula is C7H7F3N4O2. The van der Waals surface area contributed by atoms with Crippen LogP contribution in [0.4, 0.5) is 13.2 Å². The molecule has 0 spiro atoms. The van der Waals surface area contributed by atoms with Crippen molar-refractivity contribution >= 4 is 5.84 Å². The van der Waals surface area contributed by atoms with E-state index in [0.29, 0.717) is 6.07 Å². The number of alkyl halides is 3. The summed E-state index contributed by atoms with van der Waals surface area (Å²) in [7, 11) is 1.10. The van der Waals surface area contributed by atoms with Crippen LogP contribution in [0.1, 0.15) is 11.4 Å². The van der Waals surface area contributed by atoms with Crippen molar-refractivity contribution < 1.29 is 23.1 Å². The minimum absolute atomic E-state index is 0.373. The van der Waals surface area contributed by atoms with Crippen molar-refractivity contribution in [2.75, 3.05) is 7.11 Å². The van der Waals surface area contributed by atoms with E-state index in [2.05, 4.69) is 19.9 Å². The van der Waals surface area contributed by atoms with Gasteiger partial charge in [-0.2, -0.15) is 23.1 Å². The highest BCUT2D eigenvalue weighted by atomic mass is 19.4. The van der Waals surface area contributed by atoms with Gasteiger partial charge in [-0.3, -0.25) is 0 Å². The van der Waals surface area contributed by atoms with Gasteiger partial charge in [0.05, 0.1) is 7.11 Å². The maximum Gasteiger partial charge on any atom is 0.433 e. The summed E-state index contributed by atoms with van der Waals surface area (Å²) in [5.41, 5.74) is 3.51. The molecule has 0 aliphatic carbocycles. The van der Waals surface area contributed by atoms with E-state index in [1.807, 2.05) is 0 Å². The van der Waals surface area contributed by atoms with Gasteiger partial charge in [0, 0.05) is 0 Å². The Hall–Kier alpha value is -2.06. The first-order chi connectivity index (χ1) is 7.38. The maximum absolute atomic E-state index is 12.4. The third-order valence-electron chi connectivity index (χ3n) is 1.55. The number of nitrogens with zero attached hydrogens (tertiary/aromatic N) is 3. The van der Waals surface area contributed by atoms with Gasteiger partial charge in [-0.15, -0.1) is 0 Å². The average molecular weight is 236 g/mol. The van der Waals surface area contributed by atoms with Gasteiger partial charge in [-0.05, 0) is 6.07 Å². The number of halogens is 3. The Morgan fingerprint density at radius 3 is 2.56 bits per heavy atom. The molecule has 1 rings (SSSR count). The molecule has 0 fully saturated rings. The van der Waals surface area contributed by atoms with Gasteiger partial charge in [0.15, 0.2) is 11.5 Å². The number of methoxy groups -OCH3 is 1. The first kappa shape index (κ1) is 12.0. The second-order valence-electron chi connectivity index (χ2n) is 2.61. The molecule has 0 aliphatic heterocycles. The fourth-order valence-electron chi connectivity index (χ4n) is 0.844. The number of ether oxygens (including phenoxy) is 1. The lowest BCUT2D eigenvalue weighted by Crippen LogP contribution is -2.19. The van der Waals surface area contributed by atoms with Gasteiger partial charge in [0.25, 0.3) is 0 Å². The van der Waals surface area contributed by atoms with E-state index < -0.39 is 23.7 Å². The monoisotopic (exact) mass is 236 g/mol. The topological polar surface area (TPSA) is 93.6 Å². The summed E-state index contributed by atoms with van der Waals surface area (Å²) in [6.45, 7) is 0. The number of rotatable bonds is 2. The highest BCUT2D eigenvalue weighted by Crippen LogP contribution is 2.28. The van der Waals surface area contributed by atoms with Gasteiger partial charge in [0.1, 0.15) is 5.69 Å². The summed E-state index contributed by atoms with van der Waals surface area (Å²) in [5, 5.41) is 10.9. The molecule has 0 radical (unpaired) electrons. The second kappa shape index (κ2) is 4.21. The fraction of sp³-hybridized carbons (Fsp3) is 0.286. The molecule has 1 heterocycles. The average Bonchev–Trinajstić information content (AvgIpc) is 2.26. The first-order valence-corrected chi connectivity index (χ1v) is 3.86. The zero-order valence-corrected chi connectivity index (χ0v) is 7.99. The third kappa shape index (κ3) is 2.49. The van der Waals surface area contributed by atoms with E-state index in [-0.39, 0.29) is 5.69 Å². The van der Waals surface area contributed by atoms with Crippen molar-refractivity contribution in [2.45, 2.75) is 6.18 Å². The molecule has 0 bridgehead atoms. The Labute approximate surface area is 87.6 Å². The standard InChI is InChI=1S/C7H7F3N4O2/c1-16-6-12-3(5(11)14-15)2-4(13-6)7(8,9)10/h2,15H,1H3,(H2,11,14). The maximum atomic E-state index is 12.4. The van der Waals surface area contributed by atoms with Crippen molar-refractivity contribution in [2.24, 2.45) is 10.9 Å². The molecular weight excluding hydrogens is 229 g/mol. The number of oxime groups is 1. The molecule has 0 aromatic carbocycles. The van der Waals surface area contributed by atoms with E-state index >= 15 is 0 Å². The van der Waals surface area contributed by atoms with Crippen LogP contribution in [0.3, 0.4) is 0 Å². The van der Waals surface area contributed by atoms with Crippen LogP contribution in [-0.4, -0.2) is 28.1 Å². The van der Waals surface area contributed by atoms with Crippen LogP contribution in [0.5, 0.6) is 6.01 Å². The van der Waals surface area contributed by atoms with Crippen LogP contribution >= 0.6 is 0 Å². The molecule has 1 aromatic heterocycles. The van der Waals surface area contributed by atoms with Crippen LogP contribution in [0.15, 0.2) is 11.2 Å². The van der Waals surface area contributed by atoms with Crippen molar-refractivity contribution in [3.63, 3.8) is 0 Å². The Bertz CT molecular complexity index is 419. The molecule has 0 saturated carbocycles. The molecule has 0 unspecified atom stereocenters. The molecule has 0 atom stereocenters. The van der Waals surface area contributed by atoms with Gasteiger partial charge >= 0.3 is 12.2 Å². The number of amidine groups is 1. The first-order valence-electron chi connectivity index (χ1n) is 3.86. The lowest BCUT2D eigenvalue weighted by molar-refractivity contribution is -0.141. The lowest BCUT2D eigenvalue weighted by Gasteiger charge is -2.08. The van der Waals surface area contributed by atoms with E-state index in [1.165, 1.54) is 0 Å². The quantitative estimate of drug-likeness (QED) is 0.339. The minimum atomic E-state index is -4.67. The molecule has 9 heteroatoms. The van der Waals surface area contributed by atoms with Crippen LogP contribution in [-0.2, 0) is 6.18 Å². The fourth-order valence-corrected chi connectivity index (χ4v) is 0.844. The molecule has 88 valence electrons. The Morgan fingerprint density at radius 2 is 2.12 bits per heavy atom. The van der Waals surface area contributed by atoms with Gasteiger partial charge < -0.3 is 15.7 Å². The SMILES string of the molecule is COc1nc(/C(N)=N\O)cc(C(F)(F)F)n1. The highest BCUT2D eigenvalue weighted by Gasteiger charge is 2.34. The summed E-state index contributed by atoms with van der Waals surface area (Å²) in [6, 6.07) is 0.0359. The molecule has 6 nitrogen and oxygen atoms in total. The van der Waals surface area contributed by atoms with E-state index in [1.54, 1.807) is 0 Å². The number of aromatic nitrogens is 2. The molecule has 3 N–H and O–H groups in total. The number of hydrogen-bond donors (Lipinski definition) is 2. The van der Waals surface area contributed by atoms with Crippen molar-refractivity contribution in [1.82, 2.24) is 9.97 Å². The van der Waals surface area contributed by atoms with Gasteiger partial charge in [0.2, 0.25) is 0 Å². The molecule has 0 aliphatic rings. The summed E-state index contributed by atoms with van der Waals surface area (Å²) < 4.78 is 41.6. The molecule has 16 heavy (non-hydrogen) atoms. The third-order valence-corrected chi connectivity index (χ3v) is 1.55. The summed E-state index contributed by atoms with van der Waals surface area (Å²) in [6.07, 6.45) is -4.67.